The third kappa shape index (κ3) is 5.63. The molecule has 1 aromatic carbocycles. The number of aromatic nitrogens is 1. The molecule has 1 aromatic heterocycles. The van der Waals surface area contributed by atoms with Crippen LogP contribution in [0.15, 0.2) is 42.6 Å². The molecule has 1 saturated heterocycles. The Balaban J connectivity index is 1.44. The Kier molecular flexibility index (Phi) is 7.20. The van der Waals surface area contributed by atoms with E-state index in [1.165, 1.54) is 11.1 Å². The summed E-state index contributed by atoms with van der Waals surface area (Å²) in [5.74, 6) is 1.37. The zero-order chi connectivity index (χ0) is 21.6. The van der Waals surface area contributed by atoms with Crippen molar-refractivity contribution in [2.24, 2.45) is 5.92 Å². The van der Waals surface area contributed by atoms with Gasteiger partial charge in [-0.15, -0.1) is 0 Å². The molecule has 0 bridgehead atoms. The smallest absolute Gasteiger partial charge is 0.222 e. The van der Waals surface area contributed by atoms with Gasteiger partial charge in [0.15, 0.2) is 0 Å². The Bertz CT molecular complexity index is 874. The van der Waals surface area contributed by atoms with Crippen molar-refractivity contribution >= 4 is 5.91 Å². The molecule has 0 aliphatic carbocycles. The maximum atomic E-state index is 12.5. The summed E-state index contributed by atoms with van der Waals surface area (Å²) in [6.07, 6.45) is 5.63. The molecule has 1 fully saturated rings. The summed E-state index contributed by atoms with van der Waals surface area (Å²) in [7, 11) is 1.62. The fraction of sp³-hybridized carbons (Fsp3) is 0.520. The average Bonchev–Trinajstić information content (AvgIpc) is 3.16. The summed E-state index contributed by atoms with van der Waals surface area (Å²) < 4.78 is 10.9. The molecule has 4 rings (SSSR count). The van der Waals surface area contributed by atoms with Crippen molar-refractivity contribution in [2.75, 3.05) is 26.8 Å². The van der Waals surface area contributed by atoms with Gasteiger partial charge in [0.25, 0.3) is 0 Å². The van der Waals surface area contributed by atoms with Crippen molar-refractivity contribution < 1.29 is 14.3 Å². The van der Waals surface area contributed by atoms with Crippen LogP contribution in [0.1, 0.15) is 49.0 Å². The van der Waals surface area contributed by atoms with E-state index in [0.29, 0.717) is 18.9 Å². The Morgan fingerprint density at radius 2 is 2.26 bits per heavy atom. The van der Waals surface area contributed by atoms with Gasteiger partial charge in [-0.3, -0.25) is 14.7 Å². The molecule has 1 amide bonds. The highest BCUT2D eigenvalue weighted by atomic mass is 16.5. The van der Waals surface area contributed by atoms with E-state index in [1.54, 1.807) is 13.3 Å². The van der Waals surface area contributed by atoms with Crippen LogP contribution in [-0.2, 0) is 22.5 Å². The van der Waals surface area contributed by atoms with E-state index in [-0.39, 0.29) is 18.1 Å². The number of hydrogen-bond acceptors (Lipinski definition) is 5. The number of likely N-dealkylation sites (tertiary alicyclic amines) is 1. The van der Waals surface area contributed by atoms with E-state index < -0.39 is 0 Å². The lowest BCUT2D eigenvalue weighted by Gasteiger charge is -2.37. The predicted octanol–water partition coefficient (Wildman–Crippen LogP) is 3.51. The Morgan fingerprint density at radius 1 is 1.35 bits per heavy atom. The minimum atomic E-state index is -0.0809. The molecule has 166 valence electrons. The molecule has 2 aliphatic rings. The molecule has 6 nitrogen and oxygen atoms in total. The topological polar surface area (TPSA) is 63.7 Å². The van der Waals surface area contributed by atoms with E-state index in [2.05, 4.69) is 40.3 Å². The number of benzene rings is 1. The minimum absolute atomic E-state index is 0.0161. The first-order chi connectivity index (χ1) is 15.1. The van der Waals surface area contributed by atoms with Crippen molar-refractivity contribution in [3.05, 3.63) is 59.4 Å². The van der Waals surface area contributed by atoms with Gasteiger partial charge in [-0.25, -0.2) is 0 Å². The van der Waals surface area contributed by atoms with Crippen LogP contribution in [0.3, 0.4) is 0 Å². The van der Waals surface area contributed by atoms with Crippen LogP contribution in [0.4, 0.5) is 0 Å². The lowest BCUT2D eigenvalue weighted by molar-refractivity contribution is -0.123. The summed E-state index contributed by atoms with van der Waals surface area (Å²) >= 11 is 0. The van der Waals surface area contributed by atoms with Crippen LogP contribution in [0, 0.1) is 5.92 Å². The fourth-order valence-corrected chi connectivity index (χ4v) is 4.77. The largest absolute Gasteiger partial charge is 0.490 e. The molecule has 0 saturated carbocycles. The van der Waals surface area contributed by atoms with Gasteiger partial charge in [0.2, 0.25) is 5.91 Å². The highest BCUT2D eigenvalue weighted by Crippen LogP contribution is 2.32. The van der Waals surface area contributed by atoms with Crippen molar-refractivity contribution in [2.45, 2.75) is 51.3 Å². The quantitative estimate of drug-likeness (QED) is 0.704. The predicted molar refractivity (Wildman–Crippen MR) is 120 cm³/mol. The third-order valence-corrected chi connectivity index (χ3v) is 6.24. The molecule has 3 heterocycles. The number of fused-ring (bicyclic) bond motifs is 1. The standard InChI is InChI=1S/C25H33N3O3/c1-18-14-21-15-19(8-9-23(21)31-18)16-28-12-5-6-20(17-28)25(22-7-3-4-11-26-22)27-24(29)10-13-30-2/h3-4,7-9,11,15,18,20,25H,5-6,10,12-14,16-17H2,1-2H3,(H,27,29). The van der Waals surface area contributed by atoms with Crippen LogP contribution >= 0.6 is 0 Å². The molecule has 1 N–H and O–H groups in total. The van der Waals surface area contributed by atoms with Gasteiger partial charge in [-0.2, -0.15) is 0 Å². The number of nitrogens with one attached hydrogen (secondary N) is 1. The number of piperidine rings is 1. The number of ether oxygens (including phenoxy) is 2. The molecular weight excluding hydrogens is 390 g/mol. The SMILES string of the molecule is COCCC(=O)NC(c1ccccn1)C1CCCN(Cc2ccc3c(c2)CC(C)O3)C1. The average molecular weight is 424 g/mol. The molecule has 2 aliphatic heterocycles. The second-order valence-corrected chi connectivity index (χ2v) is 8.75. The fourth-order valence-electron chi connectivity index (χ4n) is 4.77. The Morgan fingerprint density at radius 3 is 3.06 bits per heavy atom. The van der Waals surface area contributed by atoms with Gasteiger partial charge in [0, 0.05) is 39.2 Å². The summed E-state index contributed by atoms with van der Waals surface area (Å²) in [5, 5.41) is 3.24. The van der Waals surface area contributed by atoms with Gasteiger partial charge in [0.1, 0.15) is 11.9 Å². The first kappa shape index (κ1) is 21.8. The van der Waals surface area contributed by atoms with Gasteiger partial charge in [0.05, 0.1) is 18.3 Å². The van der Waals surface area contributed by atoms with E-state index in [9.17, 15) is 4.79 Å². The normalized spacial score (nSPS) is 21.9. The highest BCUT2D eigenvalue weighted by Gasteiger charge is 2.30. The van der Waals surface area contributed by atoms with Crippen LogP contribution in [0.25, 0.3) is 0 Å². The second-order valence-electron chi connectivity index (χ2n) is 8.75. The van der Waals surface area contributed by atoms with Gasteiger partial charge < -0.3 is 14.8 Å². The number of methoxy groups -OCH3 is 1. The monoisotopic (exact) mass is 423 g/mol. The van der Waals surface area contributed by atoms with Crippen LogP contribution in [-0.4, -0.2) is 48.7 Å². The first-order valence-electron chi connectivity index (χ1n) is 11.3. The van der Waals surface area contributed by atoms with E-state index in [1.807, 2.05) is 18.2 Å². The third-order valence-electron chi connectivity index (χ3n) is 6.24. The number of hydrogen-bond donors (Lipinski definition) is 1. The zero-order valence-corrected chi connectivity index (χ0v) is 18.5. The van der Waals surface area contributed by atoms with E-state index in [4.69, 9.17) is 9.47 Å². The summed E-state index contributed by atoms with van der Waals surface area (Å²) in [6.45, 7) is 5.49. The van der Waals surface area contributed by atoms with Crippen molar-refractivity contribution in [3.63, 3.8) is 0 Å². The summed E-state index contributed by atoms with van der Waals surface area (Å²) in [6, 6.07) is 12.4. The molecule has 31 heavy (non-hydrogen) atoms. The van der Waals surface area contributed by atoms with E-state index >= 15 is 0 Å². The maximum Gasteiger partial charge on any atom is 0.222 e. The summed E-state index contributed by atoms with van der Waals surface area (Å²) in [5.41, 5.74) is 3.58. The molecule has 2 aromatic rings. The van der Waals surface area contributed by atoms with Gasteiger partial charge in [-0.05, 0) is 61.6 Å². The van der Waals surface area contributed by atoms with Crippen molar-refractivity contribution in [1.29, 1.82) is 0 Å². The van der Waals surface area contributed by atoms with Crippen LogP contribution in [0.5, 0.6) is 5.75 Å². The summed E-state index contributed by atoms with van der Waals surface area (Å²) in [4.78, 5) is 19.6. The second kappa shape index (κ2) is 10.2. The number of carbonyl (C=O) groups excluding carboxylic acids is 1. The maximum absolute atomic E-state index is 12.5. The van der Waals surface area contributed by atoms with E-state index in [0.717, 1.165) is 50.3 Å². The molecule has 3 atom stereocenters. The molecular formula is C25H33N3O3. The van der Waals surface area contributed by atoms with Gasteiger partial charge >= 0.3 is 0 Å². The first-order valence-corrected chi connectivity index (χ1v) is 11.3. The number of pyridine rings is 1. The Hall–Kier alpha value is -2.44. The number of nitrogens with zero attached hydrogens (tertiary/aromatic N) is 2. The Labute approximate surface area is 185 Å². The van der Waals surface area contributed by atoms with Gasteiger partial charge in [-0.1, -0.05) is 18.2 Å². The molecule has 0 spiro atoms. The minimum Gasteiger partial charge on any atom is -0.490 e. The lowest BCUT2D eigenvalue weighted by atomic mass is 9.88. The number of carbonyl (C=O) groups is 1. The van der Waals surface area contributed by atoms with Crippen molar-refractivity contribution in [1.82, 2.24) is 15.2 Å². The zero-order valence-electron chi connectivity index (χ0n) is 18.5. The number of amides is 1. The number of rotatable bonds is 8. The molecule has 0 radical (unpaired) electrons. The highest BCUT2D eigenvalue weighted by molar-refractivity contribution is 5.76. The molecule has 3 unspecified atom stereocenters. The van der Waals surface area contributed by atoms with Crippen molar-refractivity contribution in [3.8, 4) is 5.75 Å². The van der Waals surface area contributed by atoms with Crippen LogP contribution in [0.2, 0.25) is 0 Å². The lowest BCUT2D eigenvalue weighted by Crippen LogP contribution is -2.43. The molecule has 6 heteroatoms. The van der Waals surface area contributed by atoms with Crippen LogP contribution < -0.4 is 10.1 Å².